The number of thiazole rings is 1. The molecule has 4 bridgehead atoms. The first-order valence-corrected chi connectivity index (χ1v) is 9.81. The number of rotatable bonds is 3. The number of hydrogen-bond donors (Lipinski definition) is 2. The lowest BCUT2D eigenvalue weighted by atomic mass is 9.47. The third kappa shape index (κ3) is 2.59. The molecule has 6 heteroatoms. The van der Waals surface area contributed by atoms with Crippen LogP contribution < -0.4 is 5.32 Å². The molecule has 2 N–H and O–H groups in total. The first-order chi connectivity index (χ1) is 12.0. The summed E-state index contributed by atoms with van der Waals surface area (Å²) in [7, 11) is 0. The molecule has 0 radical (unpaired) electrons. The van der Waals surface area contributed by atoms with Crippen LogP contribution in [0.5, 0.6) is 0 Å². The number of hydrogen-bond acceptors (Lipinski definition) is 5. The number of pyridine rings is 1. The average Bonchev–Trinajstić information content (AvgIpc) is 3.02. The van der Waals surface area contributed by atoms with Crippen molar-refractivity contribution in [1.82, 2.24) is 9.97 Å². The molecule has 2 unspecified atom stereocenters. The highest BCUT2D eigenvalue weighted by molar-refractivity contribution is 7.14. The molecule has 0 saturated heterocycles. The van der Waals surface area contributed by atoms with Crippen LogP contribution in [0.15, 0.2) is 29.9 Å². The predicted molar refractivity (Wildman–Crippen MR) is 96.0 cm³/mol. The highest BCUT2D eigenvalue weighted by Crippen LogP contribution is 2.61. The molecule has 2 heterocycles. The maximum absolute atomic E-state index is 13.1. The van der Waals surface area contributed by atoms with Crippen molar-refractivity contribution in [2.75, 3.05) is 5.32 Å². The molecule has 2 aromatic rings. The van der Waals surface area contributed by atoms with Crippen LogP contribution in [-0.4, -0.2) is 26.6 Å². The molecule has 4 aliphatic carbocycles. The maximum atomic E-state index is 13.1. The lowest BCUT2D eigenvalue weighted by Gasteiger charge is -2.59. The first-order valence-electron chi connectivity index (χ1n) is 8.93. The lowest BCUT2D eigenvalue weighted by Crippen LogP contribution is -2.59. The van der Waals surface area contributed by atoms with Crippen molar-refractivity contribution in [1.29, 1.82) is 0 Å². The van der Waals surface area contributed by atoms with Gasteiger partial charge >= 0.3 is 0 Å². The third-order valence-electron chi connectivity index (χ3n) is 6.21. The van der Waals surface area contributed by atoms with Gasteiger partial charge in [-0.05, 0) is 62.5 Å². The van der Waals surface area contributed by atoms with E-state index < -0.39 is 11.0 Å². The molecule has 130 valence electrons. The molecule has 0 aromatic carbocycles. The van der Waals surface area contributed by atoms with Gasteiger partial charge in [-0.3, -0.25) is 9.78 Å². The number of carbonyl (C=O) groups is 1. The van der Waals surface area contributed by atoms with Crippen molar-refractivity contribution >= 4 is 22.4 Å². The Balaban J connectivity index is 1.37. The summed E-state index contributed by atoms with van der Waals surface area (Å²) in [5, 5.41) is 16.5. The topological polar surface area (TPSA) is 75.1 Å². The Hall–Kier alpha value is -1.79. The van der Waals surface area contributed by atoms with Crippen LogP contribution in [0.1, 0.15) is 38.5 Å². The minimum absolute atomic E-state index is 0.0515. The van der Waals surface area contributed by atoms with E-state index in [1.54, 1.807) is 12.4 Å². The number of carbonyl (C=O) groups excluding carboxylic acids is 1. The third-order valence-corrected chi connectivity index (χ3v) is 6.97. The van der Waals surface area contributed by atoms with Crippen LogP contribution >= 0.6 is 11.3 Å². The second-order valence-electron chi connectivity index (χ2n) is 8.19. The quantitative estimate of drug-likeness (QED) is 0.884. The molecule has 4 saturated carbocycles. The Morgan fingerprint density at radius 1 is 1.20 bits per heavy atom. The number of anilines is 1. The van der Waals surface area contributed by atoms with Gasteiger partial charge < -0.3 is 10.4 Å². The number of aromatic nitrogens is 2. The van der Waals surface area contributed by atoms with Crippen molar-refractivity contribution in [2.24, 2.45) is 17.3 Å². The van der Waals surface area contributed by atoms with Gasteiger partial charge in [0.1, 0.15) is 0 Å². The monoisotopic (exact) mass is 355 g/mol. The van der Waals surface area contributed by atoms with Gasteiger partial charge in [-0.15, -0.1) is 11.3 Å². The summed E-state index contributed by atoms with van der Waals surface area (Å²) in [6, 6.07) is 3.82. The Bertz CT molecular complexity index is 805. The Labute approximate surface area is 150 Å². The van der Waals surface area contributed by atoms with Crippen molar-refractivity contribution in [3.63, 3.8) is 0 Å². The largest absolute Gasteiger partial charge is 0.390 e. The standard InChI is InChI=1S/C19H21N3O2S/c23-16(18-6-12-5-13(7-18)9-19(24,8-12)11-18)22-17-21-15(10-25-17)14-1-3-20-4-2-14/h1-4,10,12-13,24H,5-9,11H2,(H,21,22,23)/t12-,13+,18?,19?. The van der Waals surface area contributed by atoms with Crippen LogP contribution in [-0.2, 0) is 4.79 Å². The van der Waals surface area contributed by atoms with E-state index in [2.05, 4.69) is 15.3 Å². The van der Waals surface area contributed by atoms with Crippen LogP contribution in [0, 0.1) is 17.3 Å². The molecule has 6 rings (SSSR count). The van der Waals surface area contributed by atoms with Gasteiger partial charge in [0.05, 0.1) is 16.7 Å². The molecule has 4 atom stereocenters. The van der Waals surface area contributed by atoms with Crippen LogP contribution in [0.25, 0.3) is 11.3 Å². The van der Waals surface area contributed by atoms with Gasteiger partial charge in [0.25, 0.3) is 0 Å². The van der Waals surface area contributed by atoms with E-state index >= 15 is 0 Å². The van der Waals surface area contributed by atoms with E-state index in [-0.39, 0.29) is 5.91 Å². The van der Waals surface area contributed by atoms with Gasteiger partial charge in [0, 0.05) is 23.3 Å². The number of nitrogens with zero attached hydrogens (tertiary/aromatic N) is 2. The number of nitrogens with one attached hydrogen (secondary N) is 1. The summed E-state index contributed by atoms with van der Waals surface area (Å²) in [5.41, 5.74) is 0.830. The van der Waals surface area contributed by atoms with Crippen molar-refractivity contribution in [2.45, 2.75) is 44.1 Å². The Morgan fingerprint density at radius 2 is 1.92 bits per heavy atom. The fourth-order valence-corrected chi connectivity index (χ4v) is 6.41. The van der Waals surface area contributed by atoms with E-state index in [0.29, 0.717) is 23.4 Å². The second-order valence-corrected chi connectivity index (χ2v) is 9.05. The first kappa shape index (κ1) is 15.5. The maximum Gasteiger partial charge on any atom is 0.232 e. The zero-order chi connectivity index (χ0) is 17.1. The normalized spacial score (nSPS) is 35.7. The molecule has 0 aliphatic heterocycles. The van der Waals surface area contributed by atoms with Gasteiger partial charge in [0.15, 0.2) is 5.13 Å². The van der Waals surface area contributed by atoms with E-state index in [9.17, 15) is 9.90 Å². The lowest BCUT2D eigenvalue weighted by molar-refractivity contribution is -0.174. The average molecular weight is 355 g/mol. The smallest absolute Gasteiger partial charge is 0.232 e. The highest BCUT2D eigenvalue weighted by Gasteiger charge is 2.60. The summed E-state index contributed by atoms with van der Waals surface area (Å²) >= 11 is 1.45. The minimum atomic E-state index is -0.619. The molecule has 5 nitrogen and oxygen atoms in total. The molecule has 25 heavy (non-hydrogen) atoms. The van der Waals surface area contributed by atoms with Gasteiger partial charge in [-0.2, -0.15) is 0 Å². The summed E-state index contributed by atoms with van der Waals surface area (Å²) in [4.78, 5) is 21.7. The van der Waals surface area contributed by atoms with Gasteiger partial charge in [-0.25, -0.2) is 4.98 Å². The molecule has 0 spiro atoms. The van der Waals surface area contributed by atoms with Crippen molar-refractivity contribution < 1.29 is 9.90 Å². The van der Waals surface area contributed by atoms with E-state index in [0.717, 1.165) is 36.9 Å². The van der Waals surface area contributed by atoms with Gasteiger partial charge in [0.2, 0.25) is 5.91 Å². The SMILES string of the molecule is O=C(Nc1nc(-c2ccncc2)cs1)C12C[C@@H]3C[C@@H](CC(O)(C3)C1)C2. The molecule has 2 aromatic heterocycles. The van der Waals surface area contributed by atoms with E-state index in [4.69, 9.17) is 0 Å². The Kier molecular flexibility index (Phi) is 3.31. The summed E-state index contributed by atoms with van der Waals surface area (Å²) in [6.45, 7) is 0. The molecule has 4 aliphatic rings. The summed E-state index contributed by atoms with van der Waals surface area (Å²) in [6.07, 6.45) is 8.86. The van der Waals surface area contributed by atoms with Crippen molar-refractivity contribution in [3.8, 4) is 11.3 Å². The van der Waals surface area contributed by atoms with E-state index in [1.807, 2.05) is 17.5 Å². The molecule has 1 amide bonds. The van der Waals surface area contributed by atoms with Crippen LogP contribution in [0.3, 0.4) is 0 Å². The molecular weight excluding hydrogens is 334 g/mol. The van der Waals surface area contributed by atoms with E-state index in [1.165, 1.54) is 17.8 Å². The summed E-state index contributed by atoms with van der Waals surface area (Å²) in [5.74, 6) is 1.05. The van der Waals surface area contributed by atoms with Crippen LogP contribution in [0.4, 0.5) is 5.13 Å². The zero-order valence-electron chi connectivity index (χ0n) is 13.9. The minimum Gasteiger partial charge on any atom is -0.390 e. The van der Waals surface area contributed by atoms with Gasteiger partial charge in [-0.1, -0.05) is 0 Å². The second kappa shape index (κ2) is 5.35. The number of aliphatic hydroxyl groups is 1. The zero-order valence-corrected chi connectivity index (χ0v) is 14.8. The fourth-order valence-electron chi connectivity index (χ4n) is 5.70. The molecular formula is C19H21N3O2S. The summed E-state index contributed by atoms with van der Waals surface area (Å²) < 4.78 is 0. The van der Waals surface area contributed by atoms with Crippen LogP contribution in [0.2, 0.25) is 0 Å². The number of amides is 1. The fraction of sp³-hybridized carbons (Fsp3) is 0.526. The highest BCUT2D eigenvalue weighted by atomic mass is 32.1. The van der Waals surface area contributed by atoms with Crippen molar-refractivity contribution in [3.05, 3.63) is 29.9 Å². The Morgan fingerprint density at radius 3 is 2.60 bits per heavy atom. The molecule has 4 fully saturated rings. The predicted octanol–water partition coefficient (Wildman–Crippen LogP) is 3.47.